The lowest BCUT2D eigenvalue weighted by molar-refractivity contribution is -0.131. The molecule has 20 heavy (non-hydrogen) atoms. The van der Waals surface area contributed by atoms with Gasteiger partial charge in [0.2, 0.25) is 5.91 Å². The van der Waals surface area contributed by atoms with E-state index < -0.39 is 0 Å². The highest BCUT2D eigenvalue weighted by atomic mass is 16.2. The van der Waals surface area contributed by atoms with E-state index in [9.17, 15) is 4.79 Å². The Balaban J connectivity index is 1.83. The van der Waals surface area contributed by atoms with E-state index in [0.29, 0.717) is 19.4 Å². The summed E-state index contributed by atoms with van der Waals surface area (Å²) in [5, 5.41) is 10.8. The summed E-state index contributed by atoms with van der Waals surface area (Å²) in [6, 6.07) is 0.0630. The fraction of sp³-hybridized carbons (Fsp3) is 0.500. The molecule has 0 spiro atoms. The first-order valence-corrected chi connectivity index (χ1v) is 6.38. The quantitative estimate of drug-likeness (QED) is 0.734. The molecule has 2 aromatic rings. The van der Waals surface area contributed by atoms with Gasteiger partial charge in [0.25, 0.3) is 0 Å². The Morgan fingerprint density at radius 3 is 2.95 bits per heavy atom. The molecule has 2 heterocycles. The molecule has 0 N–H and O–H groups in total. The molecule has 0 unspecified atom stereocenters. The number of hydrogen-bond acceptors (Lipinski definition) is 6. The van der Waals surface area contributed by atoms with Crippen LogP contribution >= 0.6 is 0 Å². The minimum absolute atomic E-state index is 0.0527. The van der Waals surface area contributed by atoms with Crippen molar-refractivity contribution in [2.45, 2.75) is 32.4 Å². The van der Waals surface area contributed by atoms with Crippen LogP contribution in [0.3, 0.4) is 0 Å². The Morgan fingerprint density at radius 1 is 1.45 bits per heavy atom. The molecule has 0 saturated carbocycles. The Kier molecular flexibility index (Phi) is 4.70. The molecule has 106 valence electrons. The van der Waals surface area contributed by atoms with Crippen molar-refractivity contribution in [2.75, 3.05) is 7.05 Å². The third-order valence-corrected chi connectivity index (χ3v) is 3.12. The first-order valence-electron chi connectivity index (χ1n) is 6.38. The van der Waals surface area contributed by atoms with Crippen molar-refractivity contribution in [3.05, 3.63) is 30.6 Å². The van der Waals surface area contributed by atoms with E-state index in [2.05, 4.69) is 25.5 Å². The number of nitrogens with zero attached hydrogens (tertiary/aromatic N) is 7. The van der Waals surface area contributed by atoms with Crippen molar-refractivity contribution >= 4 is 5.91 Å². The van der Waals surface area contributed by atoms with Crippen molar-refractivity contribution in [2.24, 2.45) is 0 Å². The maximum atomic E-state index is 12.1. The molecule has 0 aliphatic heterocycles. The number of aryl methyl sites for hydroxylation is 1. The number of carbonyl (C=O) groups excluding carboxylic acids is 1. The Labute approximate surface area is 116 Å². The summed E-state index contributed by atoms with van der Waals surface area (Å²) in [6.45, 7) is 2.47. The van der Waals surface area contributed by atoms with E-state index in [1.807, 2.05) is 6.92 Å². The van der Waals surface area contributed by atoms with E-state index in [1.54, 1.807) is 35.2 Å². The van der Waals surface area contributed by atoms with Crippen LogP contribution in [0.2, 0.25) is 0 Å². The van der Waals surface area contributed by atoms with Crippen LogP contribution in [0.5, 0.6) is 0 Å². The molecule has 0 aliphatic rings. The molecule has 2 rings (SSSR count). The largest absolute Gasteiger partial charge is 0.343 e. The predicted octanol–water partition coefficient (Wildman–Crippen LogP) is -0.0572. The average Bonchev–Trinajstić information content (AvgIpc) is 2.98. The Morgan fingerprint density at radius 2 is 2.30 bits per heavy atom. The maximum absolute atomic E-state index is 12.1. The Hall–Kier alpha value is -2.38. The van der Waals surface area contributed by atoms with Crippen LogP contribution in [-0.2, 0) is 17.8 Å². The van der Waals surface area contributed by atoms with E-state index >= 15 is 0 Å². The molecule has 0 aromatic carbocycles. The monoisotopic (exact) mass is 275 g/mol. The minimum Gasteiger partial charge on any atom is -0.343 e. The fourth-order valence-electron chi connectivity index (χ4n) is 1.79. The molecule has 0 saturated heterocycles. The highest BCUT2D eigenvalue weighted by molar-refractivity contribution is 5.76. The number of tetrazole rings is 1. The number of rotatable bonds is 6. The molecule has 2 aromatic heterocycles. The summed E-state index contributed by atoms with van der Waals surface area (Å²) in [5.41, 5.74) is 0.875. The van der Waals surface area contributed by atoms with Crippen molar-refractivity contribution in [3.8, 4) is 0 Å². The highest BCUT2D eigenvalue weighted by Gasteiger charge is 2.16. The van der Waals surface area contributed by atoms with Gasteiger partial charge >= 0.3 is 0 Å². The topological polar surface area (TPSA) is 89.7 Å². The van der Waals surface area contributed by atoms with Crippen LogP contribution in [0.4, 0.5) is 0 Å². The Bertz CT molecular complexity index is 528. The van der Waals surface area contributed by atoms with E-state index in [4.69, 9.17) is 0 Å². The summed E-state index contributed by atoms with van der Waals surface area (Å²) in [7, 11) is 1.79. The molecule has 8 heteroatoms. The minimum atomic E-state index is 0.0527. The van der Waals surface area contributed by atoms with Gasteiger partial charge < -0.3 is 4.90 Å². The summed E-state index contributed by atoms with van der Waals surface area (Å²) < 4.78 is 1.54. The van der Waals surface area contributed by atoms with Crippen molar-refractivity contribution in [1.29, 1.82) is 0 Å². The lowest BCUT2D eigenvalue weighted by Crippen LogP contribution is -2.37. The SMILES string of the molecule is C[C@H](Cc1cnccn1)N(C)C(=O)CCn1cnnn1. The molecule has 0 fully saturated rings. The van der Waals surface area contributed by atoms with Gasteiger partial charge in [-0.05, 0) is 17.4 Å². The summed E-state index contributed by atoms with van der Waals surface area (Å²) in [6.07, 6.45) is 7.55. The fourth-order valence-corrected chi connectivity index (χ4v) is 1.79. The second-order valence-corrected chi connectivity index (χ2v) is 4.58. The number of carbonyl (C=O) groups is 1. The van der Waals surface area contributed by atoms with Gasteiger partial charge in [0.15, 0.2) is 0 Å². The van der Waals surface area contributed by atoms with Gasteiger partial charge in [-0.15, -0.1) is 5.10 Å². The normalized spacial score (nSPS) is 12.1. The second kappa shape index (κ2) is 6.69. The van der Waals surface area contributed by atoms with Crippen LogP contribution in [0.25, 0.3) is 0 Å². The molecular weight excluding hydrogens is 258 g/mol. The molecule has 1 atom stereocenters. The zero-order valence-electron chi connectivity index (χ0n) is 11.5. The van der Waals surface area contributed by atoms with Crippen molar-refractivity contribution in [1.82, 2.24) is 35.1 Å². The van der Waals surface area contributed by atoms with Crippen LogP contribution in [-0.4, -0.2) is 54.1 Å². The van der Waals surface area contributed by atoms with Crippen molar-refractivity contribution in [3.63, 3.8) is 0 Å². The maximum Gasteiger partial charge on any atom is 0.224 e. The zero-order valence-corrected chi connectivity index (χ0v) is 11.5. The lowest BCUT2D eigenvalue weighted by atomic mass is 10.1. The lowest BCUT2D eigenvalue weighted by Gasteiger charge is -2.24. The summed E-state index contributed by atoms with van der Waals surface area (Å²) >= 11 is 0. The predicted molar refractivity (Wildman–Crippen MR) is 70.4 cm³/mol. The molecule has 8 nitrogen and oxygen atoms in total. The van der Waals surface area contributed by atoms with Gasteiger partial charge in [0, 0.05) is 44.5 Å². The summed E-state index contributed by atoms with van der Waals surface area (Å²) in [4.78, 5) is 22.0. The molecule has 0 bridgehead atoms. The standard InChI is InChI=1S/C12H17N7O/c1-10(7-11-8-13-4-5-14-11)18(2)12(20)3-6-19-9-15-16-17-19/h4-5,8-10H,3,6-7H2,1-2H3/t10-/m1/s1. The first kappa shape index (κ1) is 14.0. The average molecular weight is 275 g/mol. The number of hydrogen-bond donors (Lipinski definition) is 0. The molecular formula is C12H17N7O. The van der Waals surface area contributed by atoms with E-state index in [1.165, 1.54) is 6.33 Å². The van der Waals surface area contributed by atoms with Gasteiger partial charge in [-0.25, -0.2) is 4.68 Å². The first-order chi connectivity index (χ1) is 9.66. The third-order valence-electron chi connectivity index (χ3n) is 3.12. The van der Waals surface area contributed by atoms with Gasteiger partial charge in [-0.3, -0.25) is 14.8 Å². The number of likely N-dealkylation sites (N-methyl/N-ethyl adjacent to an activating group) is 1. The third kappa shape index (κ3) is 3.81. The van der Waals surface area contributed by atoms with Gasteiger partial charge in [0.05, 0.1) is 12.2 Å². The van der Waals surface area contributed by atoms with Crippen LogP contribution in [0, 0.1) is 0 Å². The van der Waals surface area contributed by atoms with E-state index in [0.717, 1.165) is 5.69 Å². The molecule has 0 radical (unpaired) electrons. The smallest absolute Gasteiger partial charge is 0.224 e. The van der Waals surface area contributed by atoms with Crippen LogP contribution in [0.15, 0.2) is 24.9 Å². The molecule has 1 amide bonds. The van der Waals surface area contributed by atoms with Crippen LogP contribution < -0.4 is 0 Å². The van der Waals surface area contributed by atoms with Gasteiger partial charge in [0.1, 0.15) is 6.33 Å². The van der Waals surface area contributed by atoms with Gasteiger partial charge in [-0.2, -0.15) is 0 Å². The highest BCUT2D eigenvalue weighted by Crippen LogP contribution is 2.06. The number of aromatic nitrogens is 6. The summed E-state index contributed by atoms with van der Waals surface area (Å²) in [5.74, 6) is 0.0527. The number of amides is 1. The second-order valence-electron chi connectivity index (χ2n) is 4.58. The van der Waals surface area contributed by atoms with Crippen molar-refractivity contribution < 1.29 is 4.79 Å². The zero-order chi connectivity index (χ0) is 14.4. The van der Waals surface area contributed by atoms with E-state index in [-0.39, 0.29) is 11.9 Å². The molecule has 0 aliphatic carbocycles. The van der Waals surface area contributed by atoms with Crippen LogP contribution in [0.1, 0.15) is 19.0 Å². The van der Waals surface area contributed by atoms with Gasteiger partial charge in [-0.1, -0.05) is 0 Å².